The summed E-state index contributed by atoms with van der Waals surface area (Å²) in [5.74, 6) is -0.293. The number of aromatic nitrogens is 2. The number of rotatable bonds is 3. The highest BCUT2D eigenvalue weighted by molar-refractivity contribution is 5.76. The molecule has 5 N–H and O–H groups in total. The SMILES string of the molecule is N#Cc1c(N)n[nH]c1C=CCC(N)=O. The van der Waals surface area contributed by atoms with Gasteiger partial charge in [0.25, 0.3) is 0 Å². The minimum absolute atomic E-state index is 0.115. The molecule has 1 aromatic rings. The van der Waals surface area contributed by atoms with Crippen LogP contribution in [0.1, 0.15) is 17.7 Å². The molecule has 1 aromatic heterocycles. The maximum Gasteiger partial charge on any atom is 0.221 e. The van der Waals surface area contributed by atoms with Crippen molar-refractivity contribution in [3.05, 3.63) is 17.3 Å². The number of anilines is 1. The van der Waals surface area contributed by atoms with Crippen molar-refractivity contribution in [3.63, 3.8) is 0 Å². The van der Waals surface area contributed by atoms with E-state index in [0.717, 1.165) is 0 Å². The van der Waals surface area contributed by atoms with Gasteiger partial charge >= 0.3 is 0 Å². The normalized spacial score (nSPS) is 10.2. The number of nitrogens with one attached hydrogen (secondary N) is 1. The number of hydrogen-bond acceptors (Lipinski definition) is 4. The van der Waals surface area contributed by atoms with Gasteiger partial charge in [-0.3, -0.25) is 9.89 Å². The second kappa shape index (κ2) is 4.09. The fourth-order valence-electron chi connectivity index (χ4n) is 0.901. The van der Waals surface area contributed by atoms with Crippen LogP contribution < -0.4 is 11.5 Å². The van der Waals surface area contributed by atoms with Crippen LogP contribution in [0.3, 0.4) is 0 Å². The smallest absolute Gasteiger partial charge is 0.221 e. The van der Waals surface area contributed by atoms with Crippen LogP contribution in [0.25, 0.3) is 6.08 Å². The molecule has 0 aliphatic rings. The molecule has 0 bridgehead atoms. The highest BCUT2D eigenvalue weighted by Crippen LogP contribution is 2.12. The Labute approximate surface area is 80.2 Å². The fraction of sp³-hybridized carbons (Fsp3) is 0.125. The number of nitriles is 1. The van der Waals surface area contributed by atoms with E-state index in [1.807, 2.05) is 6.07 Å². The van der Waals surface area contributed by atoms with Crippen LogP contribution in [0.15, 0.2) is 6.08 Å². The Morgan fingerprint density at radius 1 is 1.71 bits per heavy atom. The number of carbonyl (C=O) groups is 1. The van der Waals surface area contributed by atoms with Crippen LogP contribution in [0.4, 0.5) is 5.82 Å². The summed E-state index contributed by atoms with van der Waals surface area (Å²) in [6.45, 7) is 0. The Morgan fingerprint density at radius 3 is 3.00 bits per heavy atom. The van der Waals surface area contributed by atoms with Crippen LogP contribution >= 0.6 is 0 Å². The van der Waals surface area contributed by atoms with Crippen LogP contribution in [-0.2, 0) is 4.79 Å². The van der Waals surface area contributed by atoms with Gasteiger partial charge < -0.3 is 11.5 Å². The van der Waals surface area contributed by atoms with Crippen molar-refractivity contribution in [2.75, 3.05) is 5.73 Å². The maximum atomic E-state index is 10.4. The first kappa shape index (κ1) is 9.80. The Morgan fingerprint density at radius 2 is 2.43 bits per heavy atom. The number of nitrogens with two attached hydrogens (primary N) is 2. The summed E-state index contributed by atoms with van der Waals surface area (Å²) >= 11 is 0. The zero-order valence-corrected chi connectivity index (χ0v) is 7.32. The second-order valence-electron chi connectivity index (χ2n) is 2.58. The molecule has 72 valence electrons. The molecule has 0 radical (unpaired) electrons. The second-order valence-corrected chi connectivity index (χ2v) is 2.58. The number of hydrogen-bond donors (Lipinski definition) is 3. The lowest BCUT2D eigenvalue weighted by atomic mass is 10.2. The molecule has 0 saturated heterocycles. The van der Waals surface area contributed by atoms with Gasteiger partial charge in [-0.2, -0.15) is 10.4 Å². The van der Waals surface area contributed by atoms with E-state index in [9.17, 15) is 4.79 Å². The van der Waals surface area contributed by atoms with Gasteiger partial charge in [0.15, 0.2) is 5.82 Å². The average Bonchev–Trinajstić information content (AvgIpc) is 2.46. The molecule has 1 rings (SSSR count). The quantitative estimate of drug-likeness (QED) is 0.609. The molecule has 0 atom stereocenters. The Hall–Kier alpha value is -2.29. The van der Waals surface area contributed by atoms with E-state index in [1.165, 1.54) is 6.08 Å². The molecule has 0 fully saturated rings. The van der Waals surface area contributed by atoms with E-state index < -0.39 is 5.91 Å². The molecule has 14 heavy (non-hydrogen) atoms. The van der Waals surface area contributed by atoms with Crippen molar-refractivity contribution < 1.29 is 4.79 Å². The molecule has 6 nitrogen and oxygen atoms in total. The topological polar surface area (TPSA) is 122 Å². The minimum atomic E-state index is -0.438. The lowest BCUT2D eigenvalue weighted by Gasteiger charge is -1.87. The summed E-state index contributed by atoms with van der Waals surface area (Å²) in [6, 6.07) is 1.90. The van der Waals surface area contributed by atoms with Crippen molar-refractivity contribution in [2.24, 2.45) is 5.73 Å². The number of nitrogen functional groups attached to an aromatic ring is 1. The van der Waals surface area contributed by atoms with E-state index in [0.29, 0.717) is 5.69 Å². The first-order chi connectivity index (χ1) is 6.65. The summed E-state index contributed by atoms with van der Waals surface area (Å²) in [5.41, 5.74) is 11.1. The van der Waals surface area contributed by atoms with Crippen molar-refractivity contribution in [3.8, 4) is 6.07 Å². The van der Waals surface area contributed by atoms with E-state index in [1.54, 1.807) is 6.08 Å². The summed E-state index contributed by atoms with van der Waals surface area (Å²) < 4.78 is 0. The lowest BCUT2D eigenvalue weighted by Crippen LogP contribution is -2.07. The number of aromatic amines is 1. The third-order valence-electron chi connectivity index (χ3n) is 1.54. The third kappa shape index (κ3) is 2.10. The Bertz CT molecular complexity index is 412. The zero-order chi connectivity index (χ0) is 10.6. The van der Waals surface area contributed by atoms with E-state index in [4.69, 9.17) is 16.7 Å². The minimum Gasteiger partial charge on any atom is -0.381 e. The highest BCUT2D eigenvalue weighted by Gasteiger charge is 2.06. The highest BCUT2D eigenvalue weighted by atomic mass is 16.1. The number of H-pyrrole nitrogens is 1. The van der Waals surface area contributed by atoms with Crippen LogP contribution in [0.5, 0.6) is 0 Å². The van der Waals surface area contributed by atoms with Gasteiger partial charge in [0.2, 0.25) is 5.91 Å². The number of amides is 1. The van der Waals surface area contributed by atoms with Crippen LogP contribution in [0, 0.1) is 11.3 Å². The van der Waals surface area contributed by atoms with Gasteiger partial charge in [0, 0.05) is 6.42 Å². The predicted octanol–water partition coefficient (Wildman–Crippen LogP) is -0.248. The molecule has 1 heterocycles. The monoisotopic (exact) mass is 191 g/mol. The van der Waals surface area contributed by atoms with Crippen LogP contribution in [-0.4, -0.2) is 16.1 Å². The van der Waals surface area contributed by atoms with Crippen molar-refractivity contribution in [1.82, 2.24) is 10.2 Å². The van der Waals surface area contributed by atoms with Crippen molar-refractivity contribution in [1.29, 1.82) is 5.26 Å². The number of primary amides is 1. The molecule has 6 heteroatoms. The van der Waals surface area contributed by atoms with E-state index in [-0.39, 0.29) is 17.8 Å². The maximum absolute atomic E-state index is 10.4. The average molecular weight is 191 g/mol. The molecule has 0 aromatic carbocycles. The van der Waals surface area contributed by atoms with Gasteiger partial charge in [0.1, 0.15) is 11.6 Å². The summed E-state index contributed by atoms with van der Waals surface area (Å²) in [4.78, 5) is 10.4. The summed E-state index contributed by atoms with van der Waals surface area (Å²) in [5, 5.41) is 14.9. The van der Waals surface area contributed by atoms with E-state index in [2.05, 4.69) is 10.2 Å². The summed E-state index contributed by atoms with van der Waals surface area (Å²) in [6.07, 6.45) is 3.20. The van der Waals surface area contributed by atoms with Gasteiger partial charge in [-0.05, 0) is 6.08 Å². The van der Waals surface area contributed by atoms with Crippen molar-refractivity contribution in [2.45, 2.75) is 6.42 Å². The largest absolute Gasteiger partial charge is 0.381 e. The van der Waals surface area contributed by atoms with Crippen LogP contribution in [0.2, 0.25) is 0 Å². The number of nitrogens with zero attached hydrogens (tertiary/aromatic N) is 2. The molecule has 1 amide bonds. The Kier molecular flexibility index (Phi) is 2.86. The predicted molar refractivity (Wildman–Crippen MR) is 50.6 cm³/mol. The summed E-state index contributed by atoms with van der Waals surface area (Å²) in [7, 11) is 0. The molecule has 0 aliphatic heterocycles. The molecular formula is C8H9N5O. The van der Waals surface area contributed by atoms with Gasteiger partial charge in [0.05, 0.1) is 5.69 Å². The first-order valence-electron chi connectivity index (χ1n) is 3.84. The molecular weight excluding hydrogens is 182 g/mol. The lowest BCUT2D eigenvalue weighted by molar-refractivity contribution is -0.117. The zero-order valence-electron chi connectivity index (χ0n) is 7.32. The van der Waals surface area contributed by atoms with Gasteiger partial charge in [-0.25, -0.2) is 0 Å². The van der Waals surface area contributed by atoms with E-state index >= 15 is 0 Å². The van der Waals surface area contributed by atoms with Gasteiger partial charge in [-0.15, -0.1) is 0 Å². The molecule has 0 aliphatic carbocycles. The third-order valence-corrected chi connectivity index (χ3v) is 1.54. The van der Waals surface area contributed by atoms with Crippen molar-refractivity contribution >= 4 is 17.8 Å². The van der Waals surface area contributed by atoms with Gasteiger partial charge in [-0.1, -0.05) is 6.08 Å². The standard InChI is InChI=1S/C8H9N5O/c9-4-5-6(12-13-8(5)11)2-1-3-7(10)14/h1-2H,3H2,(H2,10,14)(H3,11,12,13). The first-order valence-corrected chi connectivity index (χ1v) is 3.84. The fourth-order valence-corrected chi connectivity index (χ4v) is 0.901. The molecule has 0 unspecified atom stereocenters. The Balaban J connectivity index is 2.82. The molecule has 0 spiro atoms. The number of carbonyl (C=O) groups excluding carboxylic acids is 1. The molecule has 0 saturated carbocycles.